The van der Waals surface area contributed by atoms with Gasteiger partial charge >= 0.3 is 0 Å². The topological polar surface area (TPSA) is 40.5 Å². The number of likely N-dealkylation sites (tertiary alicyclic amines) is 1. The van der Waals surface area contributed by atoms with Crippen molar-refractivity contribution in [2.45, 2.75) is 23.0 Å². The van der Waals surface area contributed by atoms with E-state index in [2.05, 4.69) is 4.90 Å². The van der Waals surface area contributed by atoms with Crippen molar-refractivity contribution in [1.29, 1.82) is 0 Å². The fraction of sp³-hybridized carbons (Fsp3) is 0.538. The van der Waals surface area contributed by atoms with Gasteiger partial charge in [-0.2, -0.15) is 0 Å². The van der Waals surface area contributed by atoms with Crippen LogP contribution in [0.2, 0.25) is 5.02 Å². The lowest BCUT2D eigenvalue weighted by molar-refractivity contribution is 0.177. The maximum Gasteiger partial charge on any atom is 0.0648 e. The molecule has 18 heavy (non-hydrogen) atoms. The van der Waals surface area contributed by atoms with Gasteiger partial charge < -0.3 is 10.0 Å². The molecule has 0 spiro atoms. The van der Waals surface area contributed by atoms with Crippen LogP contribution in [0.25, 0.3) is 0 Å². The Kier molecular flexibility index (Phi) is 5.18. The van der Waals surface area contributed by atoms with Gasteiger partial charge in [-0.1, -0.05) is 11.6 Å². The zero-order valence-electron chi connectivity index (χ0n) is 10.2. The van der Waals surface area contributed by atoms with Gasteiger partial charge in [-0.05, 0) is 43.7 Å². The summed E-state index contributed by atoms with van der Waals surface area (Å²) in [5, 5.41) is 9.62. The van der Waals surface area contributed by atoms with Crippen molar-refractivity contribution in [3.05, 3.63) is 29.3 Å². The van der Waals surface area contributed by atoms with Gasteiger partial charge in [0.15, 0.2) is 0 Å². The van der Waals surface area contributed by atoms with Crippen molar-refractivity contribution in [2.24, 2.45) is 0 Å². The first-order valence-corrected chi connectivity index (χ1v) is 7.79. The monoisotopic (exact) mass is 287 g/mol. The molecule has 1 aliphatic rings. The molecule has 0 saturated carbocycles. The van der Waals surface area contributed by atoms with Crippen LogP contribution in [-0.4, -0.2) is 45.7 Å². The standard InChI is InChI=1S/C13H18ClNO2S/c14-11-3-5-12(6-4-11)18(17)13-9-15(10-13)7-1-2-8-16/h3-6,13,16H,1-2,7-10H2/t18-/m1/s1. The van der Waals surface area contributed by atoms with E-state index in [-0.39, 0.29) is 11.9 Å². The minimum absolute atomic E-state index is 0.236. The fourth-order valence-electron chi connectivity index (χ4n) is 2.05. The lowest BCUT2D eigenvalue weighted by atomic mass is 10.2. The van der Waals surface area contributed by atoms with Gasteiger partial charge in [0, 0.05) is 29.6 Å². The predicted octanol–water partition coefficient (Wildman–Crippen LogP) is 1.90. The molecule has 1 heterocycles. The molecular formula is C13H18ClNO2S. The van der Waals surface area contributed by atoms with Crippen LogP contribution in [0.4, 0.5) is 0 Å². The first-order chi connectivity index (χ1) is 8.70. The van der Waals surface area contributed by atoms with E-state index >= 15 is 0 Å². The van der Waals surface area contributed by atoms with E-state index in [9.17, 15) is 4.21 Å². The number of hydrogen-bond acceptors (Lipinski definition) is 3. The number of unbranched alkanes of at least 4 members (excludes halogenated alkanes) is 1. The van der Waals surface area contributed by atoms with Gasteiger partial charge in [0.2, 0.25) is 0 Å². The Morgan fingerprint density at radius 2 is 1.94 bits per heavy atom. The van der Waals surface area contributed by atoms with Crippen LogP contribution in [-0.2, 0) is 10.8 Å². The summed E-state index contributed by atoms with van der Waals surface area (Å²) < 4.78 is 12.2. The molecule has 1 aromatic rings. The third kappa shape index (κ3) is 3.54. The highest BCUT2D eigenvalue weighted by Crippen LogP contribution is 2.21. The average Bonchev–Trinajstić information content (AvgIpc) is 2.32. The first kappa shape index (κ1) is 14.0. The van der Waals surface area contributed by atoms with Crippen molar-refractivity contribution in [3.63, 3.8) is 0 Å². The second-order valence-electron chi connectivity index (χ2n) is 4.56. The molecular weight excluding hydrogens is 270 g/mol. The SMILES string of the molecule is O=[S@](c1ccc(Cl)cc1)C1CN(CCCCO)C1. The predicted molar refractivity (Wildman–Crippen MR) is 74.4 cm³/mol. The molecule has 100 valence electrons. The van der Waals surface area contributed by atoms with Gasteiger partial charge in [-0.15, -0.1) is 0 Å². The summed E-state index contributed by atoms with van der Waals surface area (Å²) in [7, 11) is -0.927. The molecule has 0 amide bonds. The Morgan fingerprint density at radius 3 is 2.56 bits per heavy atom. The maximum absolute atomic E-state index is 12.2. The van der Waals surface area contributed by atoms with Crippen molar-refractivity contribution in [1.82, 2.24) is 4.90 Å². The van der Waals surface area contributed by atoms with Crippen molar-refractivity contribution < 1.29 is 9.32 Å². The Bertz CT molecular complexity index is 404. The van der Waals surface area contributed by atoms with Gasteiger partial charge in [-0.25, -0.2) is 0 Å². The highest BCUT2D eigenvalue weighted by Gasteiger charge is 2.31. The van der Waals surface area contributed by atoms with Gasteiger partial charge in [-0.3, -0.25) is 4.21 Å². The van der Waals surface area contributed by atoms with Crippen LogP contribution in [0.3, 0.4) is 0 Å². The van der Waals surface area contributed by atoms with Crippen LogP contribution in [0, 0.1) is 0 Å². The van der Waals surface area contributed by atoms with E-state index in [1.54, 1.807) is 12.1 Å². The summed E-state index contributed by atoms with van der Waals surface area (Å²) in [5.41, 5.74) is 0. The molecule has 1 atom stereocenters. The molecule has 0 aliphatic carbocycles. The molecule has 0 aromatic heterocycles. The Morgan fingerprint density at radius 1 is 1.28 bits per heavy atom. The molecule has 0 unspecified atom stereocenters. The third-order valence-corrected chi connectivity index (χ3v) is 5.05. The number of rotatable bonds is 6. The van der Waals surface area contributed by atoms with E-state index in [0.29, 0.717) is 5.02 Å². The van der Waals surface area contributed by atoms with Crippen LogP contribution in [0.5, 0.6) is 0 Å². The quantitative estimate of drug-likeness (QED) is 0.813. The molecule has 3 nitrogen and oxygen atoms in total. The molecule has 1 aromatic carbocycles. The highest BCUT2D eigenvalue weighted by molar-refractivity contribution is 7.85. The van der Waals surface area contributed by atoms with Gasteiger partial charge in [0.1, 0.15) is 0 Å². The van der Waals surface area contributed by atoms with E-state index in [1.807, 2.05) is 12.1 Å². The average molecular weight is 288 g/mol. The Labute approximate surface area is 115 Å². The van der Waals surface area contributed by atoms with E-state index in [0.717, 1.165) is 37.4 Å². The van der Waals surface area contributed by atoms with E-state index in [1.165, 1.54) is 0 Å². The number of hydrogen-bond donors (Lipinski definition) is 1. The summed E-state index contributed by atoms with van der Waals surface area (Å²) in [6.07, 6.45) is 1.86. The molecule has 5 heteroatoms. The van der Waals surface area contributed by atoms with Crippen LogP contribution < -0.4 is 0 Å². The van der Waals surface area contributed by atoms with Crippen LogP contribution >= 0.6 is 11.6 Å². The molecule has 1 saturated heterocycles. The highest BCUT2D eigenvalue weighted by atomic mass is 35.5. The lowest BCUT2D eigenvalue weighted by Gasteiger charge is -2.38. The summed E-state index contributed by atoms with van der Waals surface area (Å²) >= 11 is 5.81. The number of nitrogens with zero attached hydrogens (tertiary/aromatic N) is 1. The maximum atomic E-state index is 12.2. The number of halogens is 1. The van der Waals surface area contributed by atoms with Gasteiger partial charge in [0.25, 0.3) is 0 Å². The third-order valence-electron chi connectivity index (χ3n) is 3.15. The number of aliphatic hydroxyl groups excluding tert-OH is 1. The van der Waals surface area contributed by atoms with Gasteiger partial charge in [0.05, 0.1) is 16.0 Å². The summed E-state index contributed by atoms with van der Waals surface area (Å²) in [5.74, 6) is 0. The molecule has 0 bridgehead atoms. The van der Waals surface area contributed by atoms with Crippen molar-refractivity contribution in [2.75, 3.05) is 26.2 Å². The second kappa shape index (κ2) is 6.66. The summed E-state index contributed by atoms with van der Waals surface area (Å²) in [6.45, 7) is 3.03. The smallest absolute Gasteiger partial charge is 0.0648 e. The molecule has 1 fully saturated rings. The first-order valence-electron chi connectivity index (χ1n) is 6.20. The molecule has 1 N–H and O–H groups in total. The van der Waals surface area contributed by atoms with Crippen molar-refractivity contribution in [3.8, 4) is 0 Å². The number of benzene rings is 1. The van der Waals surface area contributed by atoms with E-state index in [4.69, 9.17) is 16.7 Å². The van der Waals surface area contributed by atoms with Crippen LogP contribution in [0.15, 0.2) is 29.2 Å². The second-order valence-corrected chi connectivity index (χ2v) is 6.73. The minimum atomic E-state index is -0.927. The largest absolute Gasteiger partial charge is 0.396 e. The fourth-order valence-corrected chi connectivity index (χ4v) is 3.66. The lowest BCUT2D eigenvalue weighted by Crippen LogP contribution is -2.52. The molecule has 1 aliphatic heterocycles. The van der Waals surface area contributed by atoms with Crippen LogP contribution in [0.1, 0.15) is 12.8 Å². The normalized spacial score (nSPS) is 18.6. The summed E-state index contributed by atoms with van der Waals surface area (Å²) in [6, 6.07) is 7.25. The zero-order chi connectivity index (χ0) is 13.0. The zero-order valence-corrected chi connectivity index (χ0v) is 11.8. The minimum Gasteiger partial charge on any atom is -0.396 e. The van der Waals surface area contributed by atoms with Crippen molar-refractivity contribution >= 4 is 22.4 Å². The Hall–Kier alpha value is -0.420. The molecule has 0 radical (unpaired) electrons. The van der Waals surface area contributed by atoms with E-state index < -0.39 is 10.8 Å². The Balaban J connectivity index is 1.78. The summed E-state index contributed by atoms with van der Waals surface area (Å²) in [4.78, 5) is 3.15. The number of aliphatic hydroxyl groups is 1. The molecule has 2 rings (SSSR count).